The standard InChI is InChI=1S/C12H14N2O5/c1-7(15)13-6-5-10(16)14-9-4-2-3-8(11(9)17)12(18)19/h2-4,17H,5-6H2,1H3,(H,13,15)(H,14,16)(H,18,19). The van der Waals surface area contributed by atoms with Crippen molar-refractivity contribution < 1.29 is 24.6 Å². The van der Waals surface area contributed by atoms with E-state index in [-0.39, 0.29) is 30.1 Å². The van der Waals surface area contributed by atoms with Gasteiger partial charge in [-0.25, -0.2) is 4.79 Å². The van der Waals surface area contributed by atoms with Crippen molar-refractivity contribution in [3.63, 3.8) is 0 Å². The molecule has 0 radical (unpaired) electrons. The normalized spacial score (nSPS) is 9.74. The molecule has 7 heteroatoms. The second kappa shape index (κ2) is 6.39. The van der Waals surface area contributed by atoms with E-state index in [1.165, 1.54) is 25.1 Å². The van der Waals surface area contributed by atoms with Gasteiger partial charge in [0.1, 0.15) is 5.56 Å². The van der Waals surface area contributed by atoms with E-state index in [2.05, 4.69) is 10.6 Å². The summed E-state index contributed by atoms with van der Waals surface area (Å²) in [5.41, 5.74) is -0.271. The first kappa shape index (κ1) is 14.5. The lowest BCUT2D eigenvalue weighted by atomic mass is 10.1. The summed E-state index contributed by atoms with van der Waals surface area (Å²) in [6.07, 6.45) is 0.0241. The van der Waals surface area contributed by atoms with Gasteiger partial charge in [0.05, 0.1) is 5.69 Å². The van der Waals surface area contributed by atoms with Crippen LogP contribution in [0.3, 0.4) is 0 Å². The van der Waals surface area contributed by atoms with Crippen LogP contribution in [0.25, 0.3) is 0 Å². The summed E-state index contributed by atoms with van der Waals surface area (Å²) in [5.74, 6) is -2.47. The maximum Gasteiger partial charge on any atom is 0.339 e. The average Bonchev–Trinajstić information content (AvgIpc) is 2.31. The van der Waals surface area contributed by atoms with Crippen LogP contribution in [0.5, 0.6) is 5.75 Å². The Hall–Kier alpha value is -2.57. The van der Waals surface area contributed by atoms with Crippen molar-refractivity contribution in [1.29, 1.82) is 0 Å². The minimum absolute atomic E-state index is 0.0210. The summed E-state index contributed by atoms with van der Waals surface area (Å²) >= 11 is 0. The zero-order chi connectivity index (χ0) is 14.4. The Bertz CT molecular complexity index is 513. The number of nitrogens with one attached hydrogen (secondary N) is 2. The lowest BCUT2D eigenvalue weighted by Gasteiger charge is -2.09. The summed E-state index contributed by atoms with van der Waals surface area (Å²) in [6.45, 7) is 1.50. The lowest BCUT2D eigenvalue weighted by Crippen LogP contribution is -2.25. The number of rotatable bonds is 5. The Kier molecular flexibility index (Phi) is 4.87. The SMILES string of the molecule is CC(=O)NCCC(=O)Nc1cccc(C(=O)O)c1O. The first-order chi connectivity index (χ1) is 8.91. The van der Waals surface area contributed by atoms with Crippen LogP contribution in [0.2, 0.25) is 0 Å². The minimum Gasteiger partial charge on any atom is -0.505 e. The van der Waals surface area contributed by atoms with Crippen LogP contribution >= 0.6 is 0 Å². The van der Waals surface area contributed by atoms with E-state index in [1.54, 1.807) is 0 Å². The van der Waals surface area contributed by atoms with Gasteiger partial charge in [0.15, 0.2) is 5.75 Å². The van der Waals surface area contributed by atoms with Crippen molar-refractivity contribution >= 4 is 23.5 Å². The number of amides is 2. The van der Waals surface area contributed by atoms with Crippen molar-refractivity contribution in [3.05, 3.63) is 23.8 Å². The second-order valence-electron chi connectivity index (χ2n) is 3.79. The monoisotopic (exact) mass is 266 g/mol. The van der Waals surface area contributed by atoms with Crippen LogP contribution in [0.4, 0.5) is 5.69 Å². The number of hydrogen-bond acceptors (Lipinski definition) is 4. The number of carboxylic acids is 1. The van der Waals surface area contributed by atoms with E-state index < -0.39 is 17.6 Å². The topological polar surface area (TPSA) is 116 Å². The Balaban J connectivity index is 2.67. The molecule has 0 unspecified atom stereocenters. The molecule has 1 rings (SSSR count). The molecule has 0 bridgehead atoms. The number of anilines is 1. The van der Waals surface area contributed by atoms with Gasteiger partial charge in [0, 0.05) is 19.9 Å². The molecular formula is C12H14N2O5. The fourth-order valence-electron chi connectivity index (χ4n) is 1.38. The molecule has 0 aliphatic carbocycles. The van der Waals surface area contributed by atoms with Gasteiger partial charge in [-0.1, -0.05) is 6.07 Å². The van der Waals surface area contributed by atoms with E-state index in [9.17, 15) is 19.5 Å². The summed E-state index contributed by atoms with van der Waals surface area (Å²) < 4.78 is 0. The number of carbonyl (C=O) groups excluding carboxylic acids is 2. The van der Waals surface area contributed by atoms with Gasteiger partial charge in [-0.2, -0.15) is 0 Å². The molecular weight excluding hydrogens is 252 g/mol. The lowest BCUT2D eigenvalue weighted by molar-refractivity contribution is -0.119. The number of aromatic hydroxyl groups is 1. The first-order valence-corrected chi connectivity index (χ1v) is 5.51. The van der Waals surface area contributed by atoms with Crippen LogP contribution in [0, 0.1) is 0 Å². The summed E-state index contributed by atoms with van der Waals surface area (Å²) in [5, 5.41) is 23.3. The molecule has 7 nitrogen and oxygen atoms in total. The molecule has 4 N–H and O–H groups in total. The predicted molar refractivity (Wildman–Crippen MR) is 67.0 cm³/mol. The molecule has 2 amide bonds. The van der Waals surface area contributed by atoms with Gasteiger partial charge >= 0.3 is 5.97 Å². The van der Waals surface area contributed by atoms with Gasteiger partial charge in [-0.15, -0.1) is 0 Å². The third-order valence-corrected chi connectivity index (χ3v) is 2.27. The van der Waals surface area contributed by atoms with Crippen LogP contribution in [-0.4, -0.2) is 34.5 Å². The summed E-state index contributed by atoms with van der Waals surface area (Å²) in [7, 11) is 0. The van der Waals surface area contributed by atoms with Gasteiger partial charge in [-0.05, 0) is 12.1 Å². The molecule has 0 aliphatic rings. The van der Waals surface area contributed by atoms with Crippen molar-refractivity contribution in [2.24, 2.45) is 0 Å². The Morgan fingerprint density at radius 1 is 1.26 bits per heavy atom. The van der Waals surface area contributed by atoms with Gasteiger partial charge in [0.2, 0.25) is 11.8 Å². The molecule has 0 fully saturated rings. The minimum atomic E-state index is -1.29. The van der Waals surface area contributed by atoms with Crippen molar-refractivity contribution in [2.45, 2.75) is 13.3 Å². The van der Waals surface area contributed by atoms with E-state index in [4.69, 9.17) is 5.11 Å². The fraction of sp³-hybridized carbons (Fsp3) is 0.250. The molecule has 0 aliphatic heterocycles. The van der Waals surface area contributed by atoms with Gasteiger partial charge in [-0.3, -0.25) is 9.59 Å². The quantitative estimate of drug-likeness (QED) is 0.581. The van der Waals surface area contributed by atoms with Crippen molar-refractivity contribution in [2.75, 3.05) is 11.9 Å². The number of benzene rings is 1. The van der Waals surface area contributed by atoms with E-state index in [0.29, 0.717) is 0 Å². The molecule has 0 aromatic heterocycles. The number of para-hydroxylation sites is 1. The molecule has 1 aromatic carbocycles. The fourth-order valence-corrected chi connectivity index (χ4v) is 1.38. The second-order valence-corrected chi connectivity index (χ2v) is 3.79. The molecule has 0 saturated heterocycles. The van der Waals surface area contributed by atoms with E-state index >= 15 is 0 Å². The van der Waals surface area contributed by atoms with Crippen LogP contribution in [0.15, 0.2) is 18.2 Å². The Morgan fingerprint density at radius 2 is 1.95 bits per heavy atom. The summed E-state index contributed by atoms with van der Waals surface area (Å²) in [4.78, 5) is 32.9. The maximum absolute atomic E-state index is 11.5. The van der Waals surface area contributed by atoms with Gasteiger partial charge < -0.3 is 20.8 Å². The Morgan fingerprint density at radius 3 is 2.53 bits per heavy atom. The summed E-state index contributed by atoms with van der Waals surface area (Å²) in [6, 6.07) is 4.02. The molecule has 0 atom stereocenters. The highest BCUT2D eigenvalue weighted by molar-refractivity contribution is 5.97. The molecule has 19 heavy (non-hydrogen) atoms. The largest absolute Gasteiger partial charge is 0.505 e. The maximum atomic E-state index is 11.5. The number of hydrogen-bond donors (Lipinski definition) is 4. The average molecular weight is 266 g/mol. The predicted octanol–water partition coefficient (Wildman–Crippen LogP) is 0.555. The third kappa shape index (κ3) is 4.30. The van der Waals surface area contributed by atoms with Crippen LogP contribution in [-0.2, 0) is 9.59 Å². The van der Waals surface area contributed by atoms with Crippen molar-refractivity contribution in [1.82, 2.24) is 5.32 Å². The highest BCUT2D eigenvalue weighted by Gasteiger charge is 2.14. The van der Waals surface area contributed by atoms with Crippen LogP contribution < -0.4 is 10.6 Å². The number of carbonyl (C=O) groups is 3. The van der Waals surface area contributed by atoms with Crippen molar-refractivity contribution in [3.8, 4) is 5.75 Å². The molecule has 1 aromatic rings. The van der Waals surface area contributed by atoms with Gasteiger partial charge in [0.25, 0.3) is 0 Å². The zero-order valence-electron chi connectivity index (χ0n) is 10.3. The Labute approximate surface area is 109 Å². The zero-order valence-corrected chi connectivity index (χ0v) is 10.3. The first-order valence-electron chi connectivity index (χ1n) is 5.51. The van der Waals surface area contributed by atoms with Crippen LogP contribution in [0.1, 0.15) is 23.7 Å². The highest BCUT2D eigenvalue weighted by Crippen LogP contribution is 2.27. The van der Waals surface area contributed by atoms with E-state index in [1.807, 2.05) is 0 Å². The smallest absolute Gasteiger partial charge is 0.339 e. The van der Waals surface area contributed by atoms with E-state index in [0.717, 1.165) is 0 Å². The highest BCUT2D eigenvalue weighted by atomic mass is 16.4. The number of aromatic carboxylic acids is 1. The molecule has 0 saturated carbocycles. The third-order valence-electron chi connectivity index (χ3n) is 2.27. The number of phenols is 1. The molecule has 0 heterocycles. The molecule has 0 spiro atoms. The number of carboxylic acid groups (broad SMARTS) is 1. The molecule has 102 valence electrons.